The third-order valence-electron chi connectivity index (χ3n) is 1.60. The molecule has 0 aliphatic carbocycles. The Morgan fingerprint density at radius 2 is 1.58 bits per heavy atom. The van der Waals surface area contributed by atoms with Crippen molar-refractivity contribution in [3.63, 3.8) is 0 Å². The highest BCUT2D eigenvalue weighted by Gasteiger charge is 1.77. The van der Waals surface area contributed by atoms with E-state index in [1.807, 2.05) is 19.9 Å². The molecule has 0 aliphatic heterocycles. The van der Waals surface area contributed by atoms with Gasteiger partial charge in [-0.05, 0) is 27.7 Å². The predicted molar refractivity (Wildman–Crippen MR) is 57.1 cm³/mol. The zero-order valence-electron chi connectivity index (χ0n) is 8.46. The molecule has 12 heavy (non-hydrogen) atoms. The van der Waals surface area contributed by atoms with Gasteiger partial charge in [-0.2, -0.15) is 0 Å². The van der Waals surface area contributed by atoms with Gasteiger partial charge in [-0.15, -0.1) is 0 Å². The normalized spacial score (nSPS) is 15.0. The van der Waals surface area contributed by atoms with E-state index < -0.39 is 0 Å². The predicted octanol–water partition coefficient (Wildman–Crippen LogP) is 4.03. The molecule has 66 valence electrons. The molecule has 0 amide bonds. The van der Waals surface area contributed by atoms with Crippen molar-refractivity contribution in [1.29, 1.82) is 0 Å². The number of rotatable bonds is 3. The topological polar surface area (TPSA) is 0 Å². The number of hydrogen-bond acceptors (Lipinski definition) is 0. The van der Waals surface area contributed by atoms with Crippen molar-refractivity contribution in [2.45, 2.75) is 27.7 Å². The van der Waals surface area contributed by atoms with Crippen LogP contribution >= 0.6 is 0 Å². The summed E-state index contributed by atoms with van der Waals surface area (Å²) >= 11 is 0. The van der Waals surface area contributed by atoms with Gasteiger partial charge in [-0.3, -0.25) is 0 Å². The molecule has 0 spiro atoms. The van der Waals surface area contributed by atoms with Gasteiger partial charge in [0.2, 0.25) is 0 Å². The highest BCUT2D eigenvalue weighted by atomic mass is 13.8. The van der Waals surface area contributed by atoms with Crippen LogP contribution in [0.3, 0.4) is 0 Å². The smallest absolute Gasteiger partial charge is 0.0398 e. The highest BCUT2D eigenvalue weighted by Crippen LogP contribution is 1.98. The van der Waals surface area contributed by atoms with Gasteiger partial charge < -0.3 is 0 Å². The van der Waals surface area contributed by atoms with Crippen LogP contribution in [0, 0.1) is 0 Å². The highest BCUT2D eigenvalue weighted by molar-refractivity contribution is 5.25. The van der Waals surface area contributed by atoms with Crippen molar-refractivity contribution >= 4 is 0 Å². The third kappa shape index (κ3) is 5.72. The quantitative estimate of drug-likeness (QED) is 0.549. The summed E-state index contributed by atoms with van der Waals surface area (Å²) in [7, 11) is 0. The molecule has 0 rings (SSSR count). The van der Waals surface area contributed by atoms with E-state index in [-0.39, 0.29) is 0 Å². The first-order valence-corrected chi connectivity index (χ1v) is 4.31. The largest absolute Gasteiger partial charge is 0.0874 e. The van der Waals surface area contributed by atoms with E-state index in [2.05, 4.69) is 44.2 Å². The summed E-state index contributed by atoms with van der Waals surface area (Å²) in [5.74, 6) is 0. The molecule has 0 saturated heterocycles. The maximum Gasteiger partial charge on any atom is -0.0398 e. The van der Waals surface area contributed by atoms with E-state index in [9.17, 15) is 0 Å². The van der Waals surface area contributed by atoms with E-state index in [1.165, 1.54) is 11.1 Å². The third-order valence-corrected chi connectivity index (χ3v) is 1.60. The fourth-order valence-electron chi connectivity index (χ4n) is 0.766. The van der Waals surface area contributed by atoms with Crippen LogP contribution in [-0.2, 0) is 0 Å². The lowest BCUT2D eigenvalue weighted by Crippen LogP contribution is -1.66. The minimum atomic E-state index is 1.28. The molecular formula is C12H18. The van der Waals surface area contributed by atoms with Crippen molar-refractivity contribution in [2.75, 3.05) is 0 Å². The van der Waals surface area contributed by atoms with Gasteiger partial charge in [0.15, 0.2) is 0 Å². The van der Waals surface area contributed by atoms with Gasteiger partial charge in [0.05, 0.1) is 0 Å². The Labute approximate surface area is 76.0 Å². The first-order chi connectivity index (χ1) is 5.70. The van der Waals surface area contributed by atoms with Gasteiger partial charge >= 0.3 is 0 Å². The van der Waals surface area contributed by atoms with E-state index in [0.29, 0.717) is 0 Å². The minimum Gasteiger partial charge on any atom is -0.0874 e. The van der Waals surface area contributed by atoms with Crippen molar-refractivity contribution in [3.05, 3.63) is 47.6 Å². The Kier molecular flexibility index (Phi) is 6.08. The summed E-state index contributed by atoms with van der Waals surface area (Å²) in [4.78, 5) is 0. The summed E-state index contributed by atoms with van der Waals surface area (Å²) < 4.78 is 0. The molecule has 0 fully saturated rings. The monoisotopic (exact) mass is 162 g/mol. The molecular weight excluding hydrogens is 144 g/mol. The molecule has 0 nitrogen and oxygen atoms in total. The van der Waals surface area contributed by atoms with Gasteiger partial charge in [0, 0.05) is 0 Å². The van der Waals surface area contributed by atoms with Crippen molar-refractivity contribution in [3.8, 4) is 0 Å². The summed E-state index contributed by atoms with van der Waals surface area (Å²) in [5, 5.41) is 0. The molecule has 0 aliphatic rings. The summed E-state index contributed by atoms with van der Waals surface area (Å²) in [6.07, 6.45) is 12.5. The zero-order valence-corrected chi connectivity index (χ0v) is 8.46. The van der Waals surface area contributed by atoms with E-state index in [1.54, 1.807) is 0 Å². The molecule has 0 N–H and O–H groups in total. The van der Waals surface area contributed by atoms with Gasteiger partial charge in [0.25, 0.3) is 0 Å². The summed E-state index contributed by atoms with van der Waals surface area (Å²) in [5.41, 5.74) is 2.57. The van der Waals surface area contributed by atoms with Crippen molar-refractivity contribution in [2.24, 2.45) is 0 Å². The van der Waals surface area contributed by atoms with Crippen LogP contribution in [0.25, 0.3) is 0 Å². The standard InChI is InChI=1S/C12H18/c1-5-8-12(4)10-7-9-11(3)6-2/h5-10H,1-4H3. The summed E-state index contributed by atoms with van der Waals surface area (Å²) in [6, 6.07) is 0. The Morgan fingerprint density at radius 3 is 2.08 bits per heavy atom. The summed E-state index contributed by atoms with van der Waals surface area (Å²) in [6.45, 7) is 8.26. The Hall–Kier alpha value is -1.04. The second kappa shape index (κ2) is 6.66. The van der Waals surface area contributed by atoms with E-state index in [4.69, 9.17) is 0 Å². The average Bonchev–Trinajstić information content (AvgIpc) is 2.04. The minimum absolute atomic E-state index is 1.28. The number of hydrogen-bond donors (Lipinski definition) is 0. The fraction of sp³-hybridized carbons (Fsp3) is 0.333. The van der Waals surface area contributed by atoms with Crippen LogP contribution in [-0.4, -0.2) is 0 Å². The van der Waals surface area contributed by atoms with Gasteiger partial charge in [0.1, 0.15) is 0 Å². The Morgan fingerprint density at radius 1 is 0.917 bits per heavy atom. The zero-order chi connectivity index (χ0) is 9.40. The first-order valence-electron chi connectivity index (χ1n) is 4.31. The molecule has 0 aromatic rings. The van der Waals surface area contributed by atoms with Crippen LogP contribution in [0.1, 0.15) is 27.7 Å². The van der Waals surface area contributed by atoms with Crippen LogP contribution in [0.15, 0.2) is 47.6 Å². The second-order valence-electron chi connectivity index (χ2n) is 2.80. The van der Waals surface area contributed by atoms with Gasteiger partial charge in [-0.25, -0.2) is 0 Å². The Balaban J connectivity index is 4.12. The second-order valence-corrected chi connectivity index (χ2v) is 2.80. The maximum absolute atomic E-state index is 2.10. The Bertz CT molecular complexity index is 224. The van der Waals surface area contributed by atoms with Crippen LogP contribution in [0.2, 0.25) is 0 Å². The van der Waals surface area contributed by atoms with Gasteiger partial charge in [-0.1, -0.05) is 47.6 Å². The first kappa shape index (κ1) is 11.0. The molecule has 0 radical (unpaired) electrons. The number of allylic oxidation sites excluding steroid dienone is 8. The van der Waals surface area contributed by atoms with Crippen LogP contribution < -0.4 is 0 Å². The van der Waals surface area contributed by atoms with E-state index >= 15 is 0 Å². The van der Waals surface area contributed by atoms with Crippen molar-refractivity contribution in [1.82, 2.24) is 0 Å². The SMILES string of the molecule is CC=CC(C)=CC=CC(C)=CC. The van der Waals surface area contributed by atoms with Crippen LogP contribution in [0.4, 0.5) is 0 Å². The van der Waals surface area contributed by atoms with Crippen LogP contribution in [0.5, 0.6) is 0 Å². The maximum atomic E-state index is 2.10. The molecule has 0 saturated carbocycles. The average molecular weight is 162 g/mol. The molecule has 0 unspecified atom stereocenters. The lowest BCUT2D eigenvalue weighted by Gasteiger charge is -1.87. The molecule has 0 aromatic heterocycles. The molecule has 0 heteroatoms. The molecule has 0 atom stereocenters. The lowest BCUT2D eigenvalue weighted by molar-refractivity contribution is 1.46. The lowest BCUT2D eigenvalue weighted by atomic mass is 10.2. The van der Waals surface area contributed by atoms with E-state index in [0.717, 1.165) is 0 Å². The molecule has 0 bridgehead atoms. The fourth-order valence-corrected chi connectivity index (χ4v) is 0.766. The molecule has 0 heterocycles. The van der Waals surface area contributed by atoms with Crippen molar-refractivity contribution < 1.29 is 0 Å². The molecule has 0 aromatic carbocycles.